The number of hydrogen-bond donors (Lipinski definition) is 1. The molecule has 1 aromatic heterocycles. The molecular weight excluding hydrogens is 299 g/mol. The van der Waals surface area contributed by atoms with Crippen LogP contribution in [0, 0.1) is 5.41 Å². The van der Waals surface area contributed by atoms with Gasteiger partial charge in [0.05, 0.1) is 16.8 Å². The van der Waals surface area contributed by atoms with Crippen molar-refractivity contribution >= 4 is 34.5 Å². The molecule has 0 bridgehead atoms. The van der Waals surface area contributed by atoms with Crippen LogP contribution in [-0.4, -0.2) is 4.98 Å². The van der Waals surface area contributed by atoms with Gasteiger partial charge in [0.15, 0.2) is 0 Å². The molecule has 1 aromatic carbocycles. The number of nitrogens with two attached hydrogens (primary N) is 1. The summed E-state index contributed by atoms with van der Waals surface area (Å²) in [6.07, 6.45) is 0. The lowest BCUT2D eigenvalue weighted by molar-refractivity contribution is 0.326. The van der Waals surface area contributed by atoms with Crippen LogP contribution in [0.2, 0.25) is 10.0 Å². The Morgan fingerprint density at radius 2 is 1.95 bits per heavy atom. The molecule has 1 heterocycles. The minimum absolute atomic E-state index is 0.0150. The van der Waals surface area contributed by atoms with Crippen LogP contribution in [-0.2, 0) is 0 Å². The molecule has 0 aliphatic heterocycles. The zero-order chi connectivity index (χ0) is 14.2. The maximum atomic E-state index is 6.22. The van der Waals surface area contributed by atoms with Crippen LogP contribution in [0.25, 0.3) is 11.3 Å². The molecule has 2 N–H and O–H groups in total. The third kappa shape index (κ3) is 3.29. The third-order valence-electron chi connectivity index (χ3n) is 2.93. The van der Waals surface area contributed by atoms with Crippen molar-refractivity contribution in [1.29, 1.82) is 0 Å². The molecular formula is C14H16Cl2N2S. The van der Waals surface area contributed by atoms with Gasteiger partial charge >= 0.3 is 0 Å². The minimum atomic E-state index is -0.0858. The summed E-state index contributed by atoms with van der Waals surface area (Å²) in [5, 5.41) is 4.13. The van der Waals surface area contributed by atoms with Gasteiger partial charge in [0.1, 0.15) is 5.01 Å². The van der Waals surface area contributed by atoms with Gasteiger partial charge in [0.25, 0.3) is 0 Å². The van der Waals surface area contributed by atoms with Crippen molar-refractivity contribution in [2.75, 3.05) is 0 Å². The van der Waals surface area contributed by atoms with Gasteiger partial charge in [-0.3, -0.25) is 0 Å². The second-order valence-electron chi connectivity index (χ2n) is 5.54. The Balaban J connectivity index is 2.36. The smallest absolute Gasteiger partial charge is 0.111 e. The van der Waals surface area contributed by atoms with E-state index in [1.54, 1.807) is 17.4 Å². The maximum Gasteiger partial charge on any atom is 0.111 e. The Morgan fingerprint density at radius 1 is 1.26 bits per heavy atom. The minimum Gasteiger partial charge on any atom is -0.322 e. The van der Waals surface area contributed by atoms with Crippen molar-refractivity contribution in [2.45, 2.75) is 26.8 Å². The van der Waals surface area contributed by atoms with Crippen molar-refractivity contribution in [3.05, 3.63) is 38.6 Å². The highest BCUT2D eigenvalue weighted by atomic mass is 35.5. The average Bonchev–Trinajstić information content (AvgIpc) is 2.75. The molecule has 0 saturated heterocycles. The Morgan fingerprint density at radius 3 is 2.53 bits per heavy atom. The summed E-state index contributed by atoms with van der Waals surface area (Å²) in [6, 6.07) is 5.33. The van der Waals surface area contributed by atoms with Gasteiger partial charge < -0.3 is 5.73 Å². The monoisotopic (exact) mass is 314 g/mol. The fraction of sp³-hybridized carbons (Fsp3) is 0.357. The van der Waals surface area contributed by atoms with E-state index >= 15 is 0 Å². The van der Waals surface area contributed by atoms with E-state index in [0.29, 0.717) is 10.0 Å². The zero-order valence-electron chi connectivity index (χ0n) is 11.1. The first-order valence-electron chi connectivity index (χ1n) is 5.95. The Kier molecular flexibility index (Phi) is 4.21. The zero-order valence-corrected chi connectivity index (χ0v) is 13.4. The fourth-order valence-corrected chi connectivity index (χ4v) is 3.19. The number of halogens is 2. The molecule has 2 aromatic rings. The summed E-state index contributed by atoms with van der Waals surface area (Å²) in [6.45, 7) is 6.32. The second-order valence-corrected chi connectivity index (χ2v) is 7.27. The number of hydrogen-bond acceptors (Lipinski definition) is 3. The van der Waals surface area contributed by atoms with Crippen LogP contribution < -0.4 is 5.73 Å². The van der Waals surface area contributed by atoms with Crippen LogP contribution in [0.15, 0.2) is 23.6 Å². The summed E-state index contributed by atoms with van der Waals surface area (Å²) in [7, 11) is 0. The number of nitrogens with zero attached hydrogens (tertiary/aromatic N) is 1. The lowest BCUT2D eigenvalue weighted by Gasteiger charge is -2.24. The van der Waals surface area contributed by atoms with E-state index in [4.69, 9.17) is 28.9 Å². The summed E-state index contributed by atoms with van der Waals surface area (Å²) in [5.74, 6) is 0. The predicted molar refractivity (Wildman–Crippen MR) is 84.0 cm³/mol. The Hall–Kier alpha value is -0.610. The molecule has 0 aliphatic carbocycles. The van der Waals surface area contributed by atoms with Crippen LogP contribution in [0.4, 0.5) is 0 Å². The van der Waals surface area contributed by atoms with E-state index < -0.39 is 0 Å². The Bertz CT molecular complexity index is 587. The molecule has 0 fully saturated rings. The second kappa shape index (κ2) is 5.41. The van der Waals surface area contributed by atoms with E-state index in [2.05, 4.69) is 25.8 Å². The molecule has 2 rings (SSSR count). The van der Waals surface area contributed by atoms with Crippen LogP contribution in [0.1, 0.15) is 31.8 Å². The molecule has 0 radical (unpaired) electrons. The highest BCUT2D eigenvalue weighted by Gasteiger charge is 2.25. The van der Waals surface area contributed by atoms with Crippen LogP contribution in [0.5, 0.6) is 0 Å². The van der Waals surface area contributed by atoms with Crippen LogP contribution >= 0.6 is 34.5 Å². The number of thiazole rings is 1. The largest absolute Gasteiger partial charge is 0.322 e. The molecule has 2 nitrogen and oxygen atoms in total. The quantitative estimate of drug-likeness (QED) is 0.831. The number of rotatable bonds is 2. The van der Waals surface area contributed by atoms with Crippen molar-refractivity contribution in [3.8, 4) is 11.3 Å². The van der Waals surface area contributed by atoms with E-state index in [9.17, 15) is 0 Å². The molecule has 0 spiro atoms. The summed E-state index contributed by atoms with van der Waals surface area (Å²) < 4.78 is 0. The van der Waals surface area contributed by atoms with Crippen molar-refractivity contribution in [2.24, 2.45) is 11.1 Å². The third-order valence-corrected chi connectivity index (χ3v) is 4.40. The van der Waals surface area contributed by atoms with Crippen LogP contribution in [0.3, 0.4) is 0 Å². The summed E-state index contributed by atoms with van der Waals surface area (Å²) >= 11 is 13.7. The molecule has 19 heavy (non-hydrogen) atoms. The van der Waals surface area contributed by atoms with E-state index in [0.717, 1.165) is 16.3 Å². The lowest BCUT2D eigenvalue weighted by Crippen LogP contribution is -2.26. The topological polar surface area (TPSA) is 38.9 Å². The molecule has 0 saturated carbocycles. The van der Waals surface area contributed by atoms with E-state index in [-0.39, 0.29) is 11.5 Å². The SMILES string of the molecule is CC(C)(C)C(N)c1nc(-c2ccc(Cl)cc2Cl)cs1. The summed E-state index contributed by atoms with van der Waals surface area (Å²) in [5.41, 5.74) is 7.94. The number of benzene rings is 1. The molecule has 1 unspecified atom stereocenters. The number of aromatic nitrogens is 1. The van der Waals surface area contributed by atoms with Gasteiger partial charge in [-0.05, 0) is 23.6 Å². The highest BCUT2D eigenvalue weighted by molar-refractivity contribution is 7.10. The first kappa shape index (κ1) is 14.8. The van der Waals surface area contributed by atoms with Gasteiger partial charge in [0.2, 0.25) is 0 Å². The lowest BCUT2D eigenvalue weighted by atomic mass is 9.88. The van der Waals surface area contributed by atoms with Crippen molar-refractivity contribution in [3.63, 3.8) is 0 Å². The first-order valence-corrected chi connectivity index (χ1v) is 7.59. The molecule has 0 amide bonds. The van der Waals surface area contributed by atoms with Gasteiger partial charge in [0, 0.05) is 16.0 Å². The molecule has 102 valence electrons. The van der Waals surface area contributed by atoms with Crippen molar-refractivity contribution in [1.82, 2.24) is 4.98 Å². The summed E-state index contributed by atoms with van der Waals surface area (Å²) in [4.78, 5) is 4.60. The molecule has 0 aliphatic rings. The van der Waals surface area contributed by atoms with Gasteiger partial charge in [-0.1, -0.05) is 44.0 Å². The van der Waals surface area contributed by atoms with Crippen molar-refractivity contribution < 1.29 is 0 Å². The van der Waals surface area contributed by atoms with Gasteiger partial charge in [-0.25, -0.2) is 4.98 Å². The highest BCUT2D eigenvalue weighted by Crippen LogP contribution is 2.36. The van der Waals surface area contributed by atoms with E-state index in [1.807, 2.05) is 17.5 Å². The first-order chi connectivity index (χ1) is 8.79. The standard InChI is InChI=1S/C14H16Cl2N2S/c1-14(2,3)12(17)13-18-11(7-19-13)9-5-4-8(15)6-10(9)16/h4-7,12H,17H2,1-3H3. The fourth-order valence-electron chi connectivity index (χ4n) is 1.62. The molecule has 1 atom stereocenters. The predicted octanol–water partition coefficient (Wildman–Crippen LogP) is 5.16. The van der Waals surface area contributed by atoms with Gasteiger partial charge in [-0.2, -0.15) is 0 Å². The maximum absolute atomic E-state index is 6.22. The van der Waals surface area contributed by atoms with E-state index in [1.165, 1.54) is 0 Å². The van der Waals surface area contributed by atoms with Gasteiger partial charge in [-0.15, -0.1) is 11.3 Å². The Labute approximate surface area is 127 Å². The molecule has 5 heteroatoms. The normalized spacial score (nSPS) is 13.6. The average molecular weight is 315 g/mol.